The second-order valence-corrected chi connectivity index (χ2v) is 7.48. The van der Waals surface area contributed by atoms with Gasteiger partial charge >= 0.3 is 0 Å². The van der Waals surface area contributed by atoms with E-state index in [0.717, 1.165) is 48.6 Å². The number of aromatic nitrogens is 1. The molecule has 6 nitrogen and oxygen atoms in total. The van der Waals surface area contributed by atoms with Gasteiger partial charge in [-0.15, -0.1) is 0 Å². The van der Waals surface area contributed by atoms with E-state index in [1.54, 1.807) is 18.2 Å². The number of nitrogens with two attached hydrogens (primary N) is 2. The van der Waals surface area contributed by atoms with Crippen LogP contribution in [0.5, 0.6) is 0 Å². The number of piperidine rings is 1. The number of ether oxygens (including phenoxy) is 1. The number of hydrogen-bond donors (Lipinski definition) is 3. The summed E-state index contributed by atoms with van der Waals surface area (Å²) in [5, 5.41) is 3.62. The topological polar surface area (TPSA) is 89.4 Å². The lowest BCUT2D eigenvalue weighted by molar-refractivity contribution is 0.0881. The number of rotatable bonds is 7. The zero-order valence-corrected chi connectivity index (χ0v) is 16.8. The molecule has 150 valence electrons. The number of hydrogen-bond acceptors (Lipinski definition) is 6. The minimum Gasteiger partial charge on any atom is -0.472 e. The first-order chi connectivity index (χ1) is 13.5. The molecule has 2 saturated heterocycles. The first-order valence-corrected chi connectivity index (χ1v) is 9.90. The van der Waals surface area contributed by atoms with E-state index in [0.29, 0.717) is 24.9 Å². The van der Waals surface area contributed by atoms with Crippen LogP contribution in [0.3, 0.4) is 0 Å². The summed E-state index contributed by atoms with van der Waals surface area (Å²) in [5.41, 5.74) is 14.7. The normalized spacial score (nSPS) is 19.6. The van der Waals surface area contributed by atoms with Gasteiger partial charge in [-0.25, -0.2) is 4.98 Å². The van der Waals surface area contributed by atoms with E-state index in [9.17, 15) is 0 Å². The summed E-state index contributed by atoms with van der Waals surface area (Å²) in [5.74, 6) is 1.55. The van der Waals surface area contributed by atoms with Crippen LogP contribution >= 0.6 is 11.6 Å². The number of nitrogens with zero attached hydrogens (tertiary/aromatic N) is 2. The average molecular weight is 402 g/mol. The molecule has 0 spiro atoms. The van der Waals surface area contributed by atoms with E-state index in [-0.39, 0.29) is 11.3 Å². The Balaban J connectivity index is 1.59. The maximum atomic E-state index is 6.11. The Bertz CT molecular complexity index is 788. The van der Waals surface area contributed by atoms with Crippen LogP contribution in [-0.2, 0) is 4.74 Å². The predicted octanol–water partition coefficient (Wildman–Crippen LogP) is 2.78. The Hall–Kier alpha value is -2.44. The van der Waals surface area contributed by atoms with Crippen molar-refractivity contribution in [3.05, 3.63) is 59.2 Å². The van der Waals surface area contributed by atoms with Gasteiger partial charge in [-0.1, -0.05) is 30.8 Å². The highest BCUT2D eigenvalue weighted by atomic mass is 35.5. The molecule has 2 aliphatic rings. The summed E-state index contributed by atoms with van der Waals surface area (Å²) in [6.45, 7) is 10.9. The maximum Gasteiger partial charge on any atom is 0.184 e. The Labute approximate surface area is 171 Å². The summed E-state index contributed by atoms with van der Waals surface area (Å²) in [4.78, 5) is 6.75. The molecule has 0 aliphatic carbocycles. The maximum absolute atomic E-state index is 6.11. The predicted molar refractivity (Wildman–Crippen MR) is 116 cm³/mol. The number of anilines is 1. The highest BCUT2D eigenvalue weighted by Gasteiger charge is 2.30. The third-order valence-corrected chi connectivity index (χ3v) is 5.40. The summed E-state index contributed by atoms with van der Waals surface area (Å²) in [6.07, 6.45) is 7.28. The van der Waals surface area contributed by atoms with E-state index < -0.39 is 0 Å². The van der Waals surface area contributed by atoms with Gasteiger partial charge in [-0.2, -0.15) is 0 Å². The standard InChI is InChI=1S/C21H28ClN5O/c1-3-14-5-6-20(26-18(14)4-2)27-12-16(13-27)28-19(23)11-17(21(22)24)15-7-9-25-10-8-15/h3-6,11,15-16,25H,1-2,7-10,12-13,23-24H2/b19-11+,21-17+. The molecule has 1 aromatic heterocycles. The second-order valence-electron chi connectivity index (χ2n) is 7.07. The lowest BCUT2D eigenvalue weighted by Crippen LogP contribution is -2.53. The lowest BCUT2D eigenvalue weighted by Gasteiger charge is -2.40. The summed E-state index contributed by atoms with van der Waals surface area (Å²) < 4.78 is 5.88. The molecule has 0 radical (unpaired) electrons. The SMILES string of the molecule is C=Cc1ccc(N2CC(O/C(N)=C/C(=C(\N)Cl)C3CCNCC3)C2)nc1C=C. The molecular formula is C21H28ClN5O. The van der Waals surface area contributed by atoms with Crippen molar-refractivity contribution >= 4 is 29.6 Å². The van der Waals surface area contributed by atoms with Crippen LogP contribution in [0.25, 0.3) is 12.2 Å². The van der Waals surface area contributed by atoms with Crippen LogP contribution in [0.4, 0.5) is 5.82 Å². The fourth-order valence-corrected chi connectivity index (χ4v) is 3.79. The zero-order valence-electron chi connectivity index (χ0n) is 16.0. The van der Waals surface area contributed by atoms with E-state index in [1.165, 1.54) is 0 Å². The van der Waals surface area contributed by atoms with Crippen molar-refractivity contribution in [1.82, 2.24) is 10.3 Å². The van der Waals surface area contributed by atoms with Crippen molar-refractivity contribution in [2.24, 2.45) is 17.4 Å². The Kier molecular flexibility index (Phi) is 6.65. The molecule has 0 saturated carbocycles. The van der Waals surface area contributed by atoms with Crippen molar-refractivity contribution in [3.8, 4) is 0 Å². The van der Waals surface area contributed by atoms with Gasteiger partial charge in [-0.05, 0) is 61.2 Å². The number of allylic oxidation sites excluding steroid dienone is 2. The molecule has 3 rings (SSSR count). The third-order valence-electron chi connectivity index (χ3n) is 5.18. The second kappa shape index (κ2) is 9.17. The molecule has 2 fully saturated rings. The molecule has 7 heteroatoms. The molecule has 28 heavy (non-hydrogen) atoms. The first-order valence-electron chi connectivity index (χ1n) is 9.52. The van der Waals surface area contributed by atoms with Crippen molar-refractivity contribution in [1.29, 1.82) is 0 Å². The van der Waals surface area contributed by atoms with E-state index in [4.69, 9.17) is 27.8 Å². The van der Waals surface area contributed by atoms with Crippen LogP contribution in [-0.4, -0.2) is 37.3 Å². The number of pyridine rings is 1. The van der Waals surface area contributed by atoms with Crippen LogP contribution in [0.2, 0.25) is 0 Å². The molecule has 0 aromatic carbocycles. The largest absolute Gasteiger partial charge is 0.472 e. The van der Waals surface area contributed by atoms with Crippen LogP contribution in [0, 0.1) is 5.92 Å². The Morgan fingerprint density at radius 1 is 1.21 bits per heavy atom. The van der Waals surface area contributed by atoms with E-state index in [2.05, 4.69) is 28.4 Å². The lowest BCUT2D eigenvalue weighted by atomic mass is 9.90. The van der Waals surface area contributed by atoms with E-state index >= 15 is 0 Å². The van der Waals surface area contributed by atoms with Crippen molar-refractivity contribution in [2.75, 3.05) is 31.1 Å². The molecule has 2 aliphatic heterocycles. The van der Waals surface area contributed by atoms with Gasteiger partial charge in [0.1, 0.15) is 17.1 Å². The summed E-state index contributed by atoms with van der Waals surface area (Å²) >= 11 is 6.11. The van der Waals surface area contributed by atoms with Crippen LogP contribution in [0.15, 0.2) is 48.0 Å². The highest BCUT2D eigenvalue weighted by molar-refractivity contribution is 6.29. The minimum absolute atomic E-state index is 0.00938. The molecule has 0 amide bonds. The molecule has 0 atom stereocenters. The average Bonchev–Trinajstić information content (AvgIpc) is 2.68. The molecule has 3 heterocycles. The van der Waals surface area contributed by atoms with Crippen LogP contribution < -0.4 is 21.7 Å². The fraction of sp³-hybridized carbons (Fsp3) is 0.381. The van der Waals surface area contributed by atoms with Gasteiger partial charge in [0.15, 0.2) is 5.88 Å². The smallest absolute Gasteiger partial charge is 0.184 e. The van der Waals surface area contributed by atoms with Crippen molar-refractivity contribution in [2.45, 2.75) is 18.9 Å². The molecule has 5 N–H and O–H groups in total. The summed E-state index contributed by atoms with van der Waals surface area (Å²) in [6, 6.07) is 3.97. The number of halogens is 1. The Morgan fingerprint density at radius 3 is 2.54 bits per heavy atom. The van der Waals surface area contributed by atoms with Gasteiger partial charge in [0.25, 0.3) is 0 Å². The van der Waals surface area contributed by atoms with Crippen molar-refractivity contribution < 1.29 is 4.74 Å². The van der Waals surface area contributed by atoms with Gasteiger partial charge in [0, 0.05) is 6.08 Å². The molecule has 0 unspecified atom stereocenters. The summed E-state index contributed by atoms with van der Waals surface area (Å²) in [7, 11) is 0. The Morgan fingerprint density at radius 2 is 1.93 bits per heavy atom. The van der Waals surface area contributed by atoms with Crippen molar-refractivity contribution in [3.63, 3.8) is 0 Å². The quantitative estimate of drug-likeness (QED) is 0.370. The minimum atomic E-state index is 0.00938. The van der Waals surface area contributed by atoms with Gasteiger partial charge in [-0.3, -0.25) is 0 Å². The monoisotopic (exact) mass is 401 g/mol. The first kappa shape index (κ1) is 20.3. The van der Waals surface area contributed by atoms with E-state index in [1.807, 2.05) is 12.1 Å². The zero-order chi connectivity index (χ0) is 20.1. The highest BCUT2D eigenvalue weighted by Crippen LogP contribution is 2.27. The van der Waals surface area contributed by atoms with Gasteiger partial charge in [0.2, 0.25) is 0 Å². The molecule has 0 bridgehead atoms. The fourth-order valence-electron chi connectivity index (χ4n) is 3.58. The van der Waals surface area contributed by atoms with Gasteiger partial charge in [0.05, 0.1) is 18.8 Å². The van der Waals surface area contributed by atoms with Gasteiger partial charge < -0.3 is 26.4 Å². The number of nitrogens with one attached hydrogen (secondary N) is 1. The molecule has 1 aromatic rings. The molecular weight excluding hydrogens is 374 g/mol. The van der Waals surface area contributed by atoms with Crippen LogP contribution in [0.1, 0.15) is 24.1 Å². The third kappa shape index (κ3) is 4.69.